The molecule has 0 aliphatic carbocycles. The Kier molecular flexibility index (Phi) is 7.77. The zero-order valence-corrected chi connectivity index (χ0v) is 11.1. The summed E-state index contributed by atoms with van der Waals surface area (Å²) in [4.78, 5) is 43.4. The van der Waals surface area contributed by atoms with E-state index < -0.39 is 29.9 Å². The molecule has 19 heavy (non-hydrogen) atoms. The molecule has 0 spiro atoms. The zero-order valence-electron chi connectivity index (χ0n) is 10.3. The molecule has 0 unspecified atom stereocenters. The molecule has 0 aromatic rings. The fraction of sp³-hybridized carbons (Fsp3) is 0.600. The number of rotatable bonds is 8. The largest absolute Gasteiger partial charge is 0.480 e. The van der Waals surface area contributed by atoms with E-state index in [2.05, 4.69) is 5.32 Å². The van der Waals surface area contributed by atoms with Gasteiger partial charge in [0.25, 0.3) is 0 Å². The van der Waals surface area contributed by atoms with E-state index in [9.17, 15) is 19.2 Å². The number of hydrogen-bond donors (Lipinski definition) is 4. The van der Waals surface area contributed by atoms with Crippen LogP contribution in [0.3, 0.4) is 0 Å². The lowest BCUT2D eigenvalue weighted by atomic mass is 10.1. The Morgan fingerprint density at radius 2 is 1.79 bits per heavy atom. The number of thioether (sulfide) groups is 1. The van der Waals surface area contributed by atoms with Crippen LogP contribution in [0.25, 0.3) is 0 Å². The highest BCUT2D eigenvalue weighted by Gasteiger charge is 2.21. The summed E-state index contributed by atoms with van der Waals surface area (Å²) in [7, 11) is 0. The van der Waals surface area contributed by atoms with E-state index in [1.165, 1.54) is 6.92 Å². The van der Waals surface area contributed by atoms with E-state index >= 15 is 0 Å². The van der Waals surface area contributed by atoms with E-state index in [0.717, 1.165) is 11.8 Å². The molecule has 8 nitrogen and oxygen atoms in total. The molecular formula is C10H16N2O6S. The molecule has 0 aliphatic rings. The molecule has 0 saturated heterocycles. The van der Waals surface area contributed by atoms with Gasteiger partial charge in [-0.1, -0.05) is 11.8 Å². The quantitative estimate of drug-likeness (QED) is 0.446. The molecule has 108 valence electrons. The molecule has 0 saturated carbocycles. The molecule has 0 radical (unpaired) electrons. The van der Waals surface area contributed by atoms with Gasteiger partial charge in [-0.15, -0.1) is 0 Å². The predicted molar refractivity (Wildman–Crippen MR) is 67.6 cm³/mol. The first-order chi connectivity index (χ1) is 8.73. The van der Waals surface area contributed by atoms with Crippen molar-refractivity contribution in [1.82, 2.24) is 5.32 Å². The summed E-state index contributed by atoms with van der Waals surface area (Å²) in [6.45, 7) is 1.29. The summed E-state index contributed by atoms with van der Waals surface area (Å²) < 4.78 is 0. The standard InChI is InChI=1S/C10H16N2O6S/c1-5(13)19-4-7(10(17)18)12-8(14)3-2-6(11)9(15)16/h6-7H,2-4,11H2,1H3,(H,12,14)(H,15,16)(H,17,18)/t6-,7-/m0/s1. The Balaban J connectivity index is 4.20. The van der Waals surface area contributed by atoms with Crippen molar-refractivity contribution in [3.63, 3.8) is 0 Å². The maximum absolute atomic E-state index is 11.4. The lowest BCUT2D eigenvalue weighted by Crippen LogP contribution is -2.43. The first kappa shape index (κ1) is 17.4. The second-order valence-corrected chi connectivity index (χ2v) is 4.94. The third kappa shape index (κ3) is 8.16. The number of aliphatic carboxylic acids is 2. The average Bonchev–Trinajstić information content (AvgIpc) is 2.30. The minimum Gasteiger partial charge on any atom is -0.480 e. The van der Waals surface area contributed by atoms with Gasteiger partial charge >= 0.3 is 11.9 Å². The van der Waals surface area contributed by atoms with Crippen molar-refractivity contribution in [3.8, 4) is 0 Å². The molecule has 0 heterocycles. The summed E-state index contributed by atoms with van der Waals surface area (Å²) in [5.41, 5.74) is 5.21. The Morgan fingerprint density at radius 3 is 2.21 bits per heavy atom. The second-order valence-electron chi connectivity index (χ2n) is 3.74. The minimum atomic E-state index is -1.26. The Morgan fingerprint density at radius 1 is 1.21 bits per heavy atom. The molecule has 0 aromatic heterocycles. The van der Waals surface area contributed by atoms with Gasteiger partial charge in [0.15, 0.2) is 5.12 Å². The Labute approximate surface area is 113 Å². The zero-order chi connectivity index (χ0) is 15.0. The average molecular weight is 292 g/mol. The number of carboxylic acid groups (broad SMARTS) is 2. The van der Waals surface area contributed by atoms with E-state index in [0.29, 0.717) is 0 Å². The molecule has 0 bridgehead atoms. The van der Waals surface area contributed by atoms with E-state index in [1.54, 1.807) is 0 Å². The van der Waals surface area contributed by atoms with E-state index in [4.69, 9.17) is 15.9 Å². The highest BCUT2D eigenvalue weighted by molar-refractivity contribution is 8.13. The van der Waals surface area contributed by atoms with Crippen molar-refractivity contribution >= 4 is 34.7 Å². The normalized spacial score (nSPS) is 13.4. The van der Waals surface area contributed by atoms with Crippen molar-refractivity contribution in [1.29, 1.82) is 0 Å². The van der Waals surface area contributed by atoms with Gasteiger partial charge in [-0.05, 0) is 6.42 Å². The van der Waals surface area contributed by atoms with E-state index in [-0.39, 0.29) is 23.7 Å². The molecule has 9 heteroatoms. The molecule has 2 atom stereocenters. The first-order valence-electron chi connectivity index (χ1n) is 5.38. The smallest absolute Gasteiger partial charge is 0.327 e. The lowest BCUT2D eigenvalue weighted by Gasteiger charge is -2.13. The van der Waals surface area contributed by atoms with Crippen LogP contribution in [0.2, 0.25) is 0 Å². The number of carbonyl (C=O) groups is 4. The van der Waals surface area contributed by atoms with Gasteiger partial charge in [-0.2, -0.15) is 0 Å². The SMILES string of the molecule is CC(=O)SC[C@H](NC(=O)CC[C@H](N)C(=O)O)C(=O)O. The van der Waals surface area contributed by atoms with Gasteiger partial charge < -0.3 is 21.3 Å². The summed E-state index contributed by atoms with van der Waals surface area (Å²) in [5, 5.41) is 19.3. The van der Waals surface area contributed by atoms with Crippen molar-refractivity contribution in [2.45, 2.75) is 31.8 Å². The Bertz CT molecular complexity index is 373. The maximum Gasteiger partial charge on any atom is 0.327 e. The van der Waals surface area contributed by atoms with Crippen molar-refractivity contribution in [2.75, 3.05) is 5.75 Å². The van der Waals surface area contributed by atoms with Crippen LogP contribution in [0.15, 0.2) is 0 Å². The van der Waals surface area contributed by atoms with Crippen LogP contribution in [0.5, 0.6) is 0 Å². The van der Waals surface area contributed by atoms with E-state index in [1.807, 2.05) is 0 Å². The number of amides is 1. The van der Waals surface area contributed by atoms with Crippen LogP contribution < -0.4 is 11.1 Å². The summed E-state index contributed by atoms with van der Waals surface area (Å²) in [5.74, 6) is -3.19. The number of nitrogens with one attached hydrogen (secondary N) is 1. The van der Waals surface area contributed by atoms with Gasteiger partial charge in [0.1, 0.15) is 12.1 Å². The van der Waals surface area contributed by atoms with Gasteiger partial charge in [0.2, 0.25) is 5.91 Å². The van der Waals surface area contributed by atoms with Crippen molar-refractivity contribution in [3.05, 3.63) is 0 Å². The lowest BCUT2D eigenvalue weighted by molar-refractivity contribution is -0.141. The summed E-state index contributed by atoms with van der Waals surface area (Å²) >= 11 is 0.786. The van der Waals surface area contributed by atoms with Crippen LogP contribution in [0.1, 0.15) is 19.8 Å². The third-order valence-corrected chi connectivity index (χ3v) is 2.99. The molecule has 1 amide bonds. The summed E-state index contributed by atoms with van der Waals surface area (Å²) in [6.07, 6.45) is -0.282. The molecule has 0 aromatic carbocycles. The molecule has 0 aliphatic heterocycles. The molecule has 0 fully saturated rings. The number of carboxylic acids is 2. The molecule has 5 N–H and O–H groups in total. The topological polar surface area (TPSA) is 147 Å². The highest BCUT2D eigenvalue weighted by atomic mass is 32.2. The van der Waals surface area contributed by atoms with Crippen LogP contribution in [0.4, 0.5) is 0 Å². The number of nitrogens with two attached hydrogens (primary N) is 1. The second kappa shape index (κ2) is 8.48. The van der Waals surface area contributed by atoms with Crippen molar-refractivity contribution in [2.24, 2.45) is 5.73 Å². The van der Waals surface area contributed by atoms with Crippen molar-refractivity contribution < 1.29 is 29.4 Å². The number of hydrogen-bond acceptors (Lipinski definition) is 6. The van der Waals surface area contributed by atoms with Gasteiger partial charge in [0, 0.05) is 19.1 Å². The van der Waals surface area contributed by atoms with Gasteiger partial charge in [0.05, 0.1) is 0 Å². The monoisotopic (exact) mass is 292 g/mol. The maximum atomic E-state index is 11.4. The van der Waals surface area contributed by atoms with Crippen LogP contribution >= 0.6 is 11.8 Å². The predicted octanol–water partition coefficient (Wildman–Crippen LogP) is -0.972. The third-order valence-electron chi connectivity index (χ3n) is 2.09. The van der Waals surface area contributed by atoms with Crippen LogP contribution in [0, 0.1) is 0 Å². The first-order valence-corrected chi connectivity index (χ1v) is 6.36. The van der Waals surface area contributed by atoms with Crippen LogP contribution in [-0.4, -0.2) is 51.0 Å². The molecular weight excluding hydrogens is 276 g/mol. The fourth-order valence-electron chi connectivity index (χ4n) is 1.05. The van der Waals surface area contributed by atoms with Crippen LogP contribution in [-0.2, 0) is 19.2 Å². The highest BCUT2D eigenvalue weighted by Crippen LogP contribution is 2.05. The minimum absolute atomic E-state index is 0.0820. The van der Waals surface area contributed by atoms with Gasteiger partial charge in [-0.25, -0.2) is 4.79 Å². The number of carbonyl (C=O) groups excluding carboxylic acids is 2. The summed E-state index contributed by atoms with van der Waals surface area (Å²) in [6, 6.07) is -2.36. The van der Waals surface area contributed by atoms with Gasteiger partial charge in [-0.3, -0.25) is 14.4 Å². The Hall–Kier alpha value is -1.61. The molecule has 0 rings (SSSR count). The fourth-order valence-corrected chi connectivity index (χ4v) is 1.68.